The molecule has 4 aliphatic heterocycles. The van der Waals surface area contributed by atoms with Crippen LogP contribution in [0, 0.1) is 11.8 Å². The normalized spacial score (nSPS) is 25.0. The molecular formula is C36H46Cl2N6O11S2. The fourth-order valence-electron chi connectivity index (χ4n) is 7.96. The van der Waals surface area contributed by atoms with Crippen LogP contribution >= 0.6 is 23.2 Å². The number of H-pyrrole nitrogens is 1. The molecule has 1 aromatic heterocycles. The maximum absolute atomic E-state index is 13.4. The number of carbonyl (C=O) groups excluding carboxylic acids is 3. The number of hydrogen-bond acceptors (Lipinski definition) is 13. The summed E-state index contributed by atoms with van der Waals surface area (Å²) in [5, 5.41) is 17.5. The Kier molecular flexibility index (Phi) is 15.4. The molecule has 21 heteroatoms. The fraction of sp³-hybridized carbons (Fsp3) is 0.444. The Labute approximate surface area is 340 Å². The van der Waals surface area contributed by atoms with Crippen LogP contribution in [0.4, 0.5) is 0 Å². The minimum Gasteiger partial charge on any atom is -0.515 e. The van der Waals surface area contributed by atoms with Gasteiger partial charge < -0.3 is 20.1 Å². The second-order valence-corrected chi connectivity index (χ2v) is 18.0. The molecule has 8 N–H and O–H groups in total. The molecule has 4 bridgehead atoms. The first kappa shape index (κ1) is 45.8. The highest BCUT2D eigenvalue weighted by atomic mass is 35.5. The van der Waals surface area contributed by atoms with E-state index in [-0.39, 0.29) is 70.4 Å². The number of esters is 2. The number of aromatic nitrogens is 2. The van der Waals surface area contributed by atoms with Crippen LogP contribution in [0.25, 0.3) is 0 Å². The van der Waals surface area contributed by atoms with Crippen molar-refractivity contribution in [2.75, 3.05) is 13.2 Å². The molecule has 0 saturated carbocycles. The van der Waals surface area contributed by atoms with Crippen LogP contribution in [0.3, 0.4) is 0 Å². The Morgan fingerprint density at radius 2 is 1.25 bits per heavy atom. The molecule has 5 heterocycles. The molecule has 6 atom stereocenters. The maximum atomic E-state index is 13.4. The van der Waals surface area contributed by atoms with Gasteiger partial charge in [-0.3, -0.25) is 31.2 Å². The Bertz CT molecular complexity index is 2150. The number of benzene rings is 2. The zero-order chi connectivity index (χ0) is 40.9. The van der Waals surface area contributed by atoms with Gasteiger partial charge in [-0.2, -0.15) is 13.7 Å². The third-order valence-electron chi connectivity index (χ3n) is 10.3. The highest BCUT2D eigenvalue weighted by molar-refractivity contribution is 7.89. The van der Waals surface area contributed by atoms with E-state index in [9.17, 15) is 36.3 Å². The van der Waals surface area contributed by atoms with Gasteiger partial charge >= 0.3 is 11.9 Å². The number of ether oxygens (including phenoxy) is 2. The number of hydrazine groups is 1. The van der Waals surface area contributed by atoms with E-state index in [1.807, 2.05) is 0 Å². The van der Waals surface area contributed by atoms with Crippen molar-refractivity contribution in [2.24, 2.45) is 23.5 Å². The Balaban J connectivity index is 0.000000238. The lowest BCUT2D eigenvalue weighted by Crippen LogP contribution is -2.58. The highest BCUT2D eigenvalue weighted by Gasteiger charge is 2.52. The molecule has 7 rings (SSSR count). The van der Waals surface area contributed by atoms with Crippen molar-refractivity contribution in [3.05, 3.63) is 87.9 Å². The standard InChI is InChI=1S/C18H20ClN3O4S.C18H20ClNO6S.H4N2.H2O/c1-2-26-18(23)11-7-13-9-16-15(10-20-21-16)17(8-11)22(13)27(24,25)14-5-3-12(19)4-6-14;1-2-26-18(23)11-7-13-9-17(22)15(10-21)16(8-11)20(13)27(24,25)14-5-3-12(19)4-6-14;1-2;/h3-6,10-11,13,17H,2,7-9H2,1H3,(H,20,21);3-6,10-11,13,16,21H,2,7-9H2,1H3;1-2H2;1H2/b;15-10-;;. The Morgan fingerprint density at radius 1 is 0.807 bits per heavy atom. The lowest BCUT2D eigenvalue weighted by Gasteiger charge is -2.46. The first-order valence-electron chi connectivity index (χ1n) is 17.9. The number of aliphatic hydroxyl groups is 1. The van der Waals surface area contributed by atoms with Gasteiger partial charge in [0, 0.05) is 51.8 Å². The van der Waals surface area contributed by atoms with E-state index >= 15 is 0 Å². The van der Waals surface area contributed by atoms with Crippen molar-refractivity contribution >= 4 is 61.0 Å². The lowest BCUT2D eigenvalue weighted by molar-refractivity contribution is -0.151. The summed E-state index contributed by atoms with van der Waals surface area (Å²) in [6.07, 6.45) is 3.82. The third-order valence-corrected chi connectivity index (χ3v) is 14.7. The number of nitrogens with one attached hydrogen (secondary N) is 1. The molecule has 3 aromatic rings. The van der Waals surface area contributed by atoms with Crippen LogP contribution in [0.2, 0.25) is 10.0 Å². The number of rotatable bonds is 8. The molecule has 0 spiro atoms. The molecule has 2 aromatic carbocycles. The van der Waals surface area contributed by atoms with Crippen molar-refractivity contribution in [3.8, 4) is 0 Å². The van der Waals surface area contributed by atoms with Crippen molar-refractivity contribution < 1.29 is 51.3 Å². The SMILES string of the molecule is CCOC(=O)C1CC2CC(=O)/C(=C\O)C(C1)N2S(=O)(=O)c1ccc(Cl)cc1.CCOC(=O)C1CC2Cc3[nH]ncc3C(C1)N2S(=O)(=O)c1ccc(Cl)cc1.NN.O. The summed E-state index contributed by atoms with van der Waals surface area (Å²) in [7, 11) is -7.69. The summed E-state index contributed by atoms with van der Waals surface area (Å²) in [5.74, 6) is 6.17. The summed E-state index contributed by atoms with van der Waals surface area (Å²) < 4.78 is 66.3. The minimum atomic E-state index is -3.95. The zero-order valence-electron chi connectivity index (χ0n) is 31.1. The minimum absolute atomic E-state index is 0. The van der Waals surface area contributed by atoms with Crippen LogP contribution < -0.4 is 11.7 Å². The van der Waals surface area contributed by atoms with Crippen molar-refractivity contribution in [3.63, 3.8) is 0 Å². The number of nitrogens with zero attached hydrogens (tertiary/aromatic N) is 3. The van der Waals surface area contributed by atoms with Crippen molar-refractivity contribution in [2.45, 2.75) is 86.3 Å². The van der Waals surface area contributed by atoms with E-state index in [2.05, 4.69) is 21.9 Å². The molecule has 4 aliphatic rings. The summed E-state index contributed by atoms with van der Waals surface area (Å²) in [6, 6.07) is 9.56. The van der Waals surface area contributed by atoms with Crippen LogP contribution in [0.15, 0.2) is 76.4 Å². The van der Waals surface area contributed by atoms with E-state index in [4.69, 9.17) is 32.7 Å². The smallest absolute Gasteiger partial charge is 0.309 e. The lowest BCUT2D eigenvalue weighted by atomic mass is 9.77. The average molecular weight is 874 g/mol. The van der Waals surface area contributed by atoms with E-state index in [0.717, 1.165) is 11.3 Å². The summed E-state index contributed by atoms with van der Waals surface area (Å²) in [6.45, 7) is 4.00. The van der Waals surface area contributed by atoms with Gasteiger partial charge in [0.05, 0.1) is 59.4 Å². The van der Waals surface area contributed by atoms with Gasteiger partial charge in [-0.1, -0.05) is 23.2 Å². The Morgan fingerprint density at radius 3 is 1.70 bits per heavy atom. The molecule has 6 unspecified atom stereocenters. The molecule has 57 heavy (non-hydrogen) atoms. The van der Waals surface area contributed by atoms with E-state index in [0.29, 0.717) is 42.2 Å². The summed E-state index contributed by atoms with van der Waals surface area (Å²) in [4.78, 5) is 37.1. The van der Waals surface area contributed by atoms with Gasteiger partial charge in [0.2, 0.25) is 20.0 Å². The van der Waals surface area contributed by atoms with E-state index in [1.54, 1.807) is 36.5 Å². The second-order valence-electron chi connectivity index (χ2n) is 13.5. The largest absolute Gasteiger partial charge is 0.515 e. The number of hydrogen-bond donors (Lipinski definition) is 4. The summed E-state index contributed by atoms with van der Waals surface area (Å²) in [5.41, 5.74) is 1.77. The van der Waals surface area contributed by atoms with E-state index in [1.165, 1.54) is 40.7 Å². The van der Waals surface area contributed by atoms with Gasteiger partial charge in [-0.25, -0.2) is 16.8 Å². The maximum Gasteiger partial charge on any atom is 0.309 e. The number of ketones is 1. The molecular weight excluding hydrogens is 827 g/mol. The number of Topliss-reactive ketones (excluding diaryl/α,β-unsaturated/α-hetero) is 1. The van der Waals surface area contributed by atoms with Gasteiger partial charge in [0.25, 0.3) is 0 Å². The van der Waals surface area contributed by atoms with Crippen LogP contribution in [-0.2, 0) is 50.3 Å². The number of nitrogens with two attached hydrogens (primary N) is 2. The topological polar surface area (TPSA) is 277 Å². The summed E-state index contributed by atoms with van der Waals surface area (Å²) >= 11 is 11.8. The highest BCUT2D eigenvalue weighted by Crippen LogP contribution is 2.47. The van der Waals surface area contributed by atoms with Gasteiger partial charge in [0.1, 0.15) is 0 Å². The molecule has 3 saturated heterocycles. The van der Waals surface area contributed by atoms with Crippen LogP contribution in [-0.4, -0.2) is 95.3 Å². The van der Waals surface area contributed by atoms with Gasteiger partial charge in [-0.05, 0) is 88.1 Å². The number of aromatic amines is 1. The number of aliphatic hydroxyl groups excluding tert-OH is 1. The fourth-order valence-corrected chi connectivity index (χ4v) is 11.8. The van der Waals surface area contributed by atoms with Crippen LogP contribution in [0.1, 0.15) is 63.3 Å². The van der Waals surface area contributed by atoms with E-state index < -0.39 is 50.1 Å². The molecule has 0 aliphatic carbocycles. The molecule has 312 valence electrons. The molecule has 0 amide bonds. The number of sulfonamides is 2. The average Bonchev–Trinajstić information content (AvgIpc) is 3.64. The monoisotopic (exact) mass is 872 g/mol. The van der Waals surface area contributed by atoms with Gasteiger partial charge in [-0.15, -0.1) is 0 Å². The van der Waals surface area contributed by atoms with Gasteiger partial charge in [0.15, 0.2) is 5.78 Å². The van der Waals surface area contributed by atoms with Crippen LogP contribution in [0.5, 0.6) is 0 Å². The molecule has 0 radical (unpaired) electrons. The molecule has 17 nitrogen and oxygen atoms in total. The molecule has 3 fully saturated rings. The first-order valence-corrected chi connectivity index (χ1v) is 21.5. The third kappa shape index (κ3) is 9.37. The second kappa shape index (κ2) is 19.2. The first-order chi connectivity index (χ1) is 26.7. The predicted octanol–water partition coefficient (Wildman–Crippen LogP) is 3.14. The zero-order valence-corrected chi connectivity index (χ0v) is 34.2. The quantitative estimate of drug-likeness (QED) is 0.0834. The number of carbonyl (C=O) groups is 3. The van der Waals surface area contributed by atoms with Crippen molar-refractivity contribution in [1.29, 1.82) is 0 Å². The Hall–Kier alpha value is -3.92. The van der Waals surface area contributed by atoms with Crippen molar-refractivity contribution in [1.82, 2.24) is 18.8 Å². The number of halogens is 2. The number of piperidine rings is 3. The number of fused-ring (bicyclic) bond motifs is 6. The predicted molar refractivity (Wildman–Crippen MR) is 208 cm³/mol.